The van der Waals surface area contributed by atoms with Gasteiger partial charge in [-0.15, -0.1) is 0 Å². The monoisotopic (exact) mass is 473 g/mol. The molecule has 0 spiro atoms. The molecule has 2 aromatic carbocycles. The van der Waals surface area contributed by atoms with E-state index in [9.17, 15) is 13.2 Å². The van der Waals surface area contributed by atoms with Crippen LogP contribution in [0.3, 0.4) is 0 Å². The van der Waals surface area contributed by atoms with Crippen molar-refractivity contribution in [1.82, 2.24) is 9.71 Å². The minimum atomic E-state index is -3.67. The minimum absolute atomic E-state index is 0.0402. The van der Waals surface area contributed by atoms with Crippen LogP contribution in [0.25, 0.3) is 10.2 Å². The second-order valence-electron chi connectivity index (χ2n) is 8.89. The van der Waals surface area contributed by atoms with Crippen LogP contribution in [0.1, 0.15) is 44.0 Å². The number of hydrogen-bond acceptors (Lipinski definition) is 6. The molecule has 7 nitrogen and oxygen atoms in total. The fraction of sp³-hybridized carbons (Fsp3) is 0.391. The summed E-state index contributed by atoms with van der Waals surface area (Å²) in [5, 5.41) is 0.609. The van der Waals surface area contributed by atoms with Crippen molar-refractivity contribution in [1.29, 1.82) is 0 Å². The number of carbonyl (C=O) groups is 1. The van der Waals surface area contributed by atoms with Crippen LogP contribution >= 0.6 is 11.3 Å². The summed E-state index contributed by atoms with van der Waals surface area (Å²) in [5.74, 6) is -0.229. The van der Waals surface area contributed by atoms with Crippen LogP contribution in [0, 0.1) is 0 Å². The Morgan fingerprint density at radius 3 is 2.53 bits per heavy atom. The Bertz CT molecular complexity index is 1180. The van der Waals surface area contributed by atoms with Crippen LogP contribution in [-0.2, 0) is 14.8 Å². The molecule has 0 saturated carbocycles. The molecule has 1 aliphatic rings. The lowest BCUT2D eigenvalue weighted by atomic mass is 10.1. The molecule has 0 radical (unpaired) electrons. The molecule has 1 aromatic heterocycles. The number of ether oxygens (including phenoxy) is 1. The average molecular weight is 474 g/mol. The van der Waals surface area contributed by atoms with Crippen molar-refractivity contribution < 1.29 is 17.9 Å². The quantitative estimate of drug-likeness (QED) is 0.580. The van der Waals surface area contributed by atoms with Gasteiger partial charge in [-0.05, 0) is 70.0 Å². The molecular formula is C23H27N3O4S2. The van der Waals surface area contributed by atoms with E-state index in [-0.39, 0.29) is 16.9 Å². The number of benzene rings is 2. The smallest absolute Gasteiger partial charge is 0.260 e. The number of para-hydroxylation sites is 1. The van der Waals surface area contributed by atoms with Crippen molar-refractivity contribution in [3.05, 3.63) is 54.1 Å². The summed E-state index contributed by atoms with van der Waals surface area (Å²) in [6, 6.07) is 13.8. The molecule has 3 aromatic rings. The van der Waals surface area contributed by atoms with Crippen molar-refractivity contribution in [2.75, 3.05) is 18.1 Å². The van der Waals surface area contributed by atoms with Crippen molar-refractivity contribution >= 4 is 42.6 Å². The average Bonchev–Trinajstić information content (AvgIpc) is 3.39. The number of rotatable bonds is 6. The Hall–Kier alpha value is -2.33. The second kappa shape index (κ2) is 8.90. The van der Waals surface area contributed by atoms with Crippen molar-refractivity contribution in [2.24, 2.45) is 0 Å². The maximum atomic E-state index is 13.5. The topological polar surface area (TPSA) is 88.6 Å². The first-order chi connectivity index (χ1) is 15.1. The molecule has 0 bridgehead atoms. The highest BCUT2D eigenvalue weighted by Gasteiger charge is 2.28. The highest BCUT2D eigenvalue weighted by atomic mass is 32.2. The maximum Gasteiger partial charge on any atom is 0.260 e. The van der Waals surface area contributed by atoms with E-state index in [1.165, 1.54) is 23.5 Å². The van der Waals surface area contributed by atoms with Gasteiger partial charge in [-0.1, -0.05) is 23.5 Å². The summed E-state index contributed by atoms with van der Waals surface area (Å²) in [7, 11) is -3.67. The molecule has 1 atom stereocenters. The van der Waals surface area contributed by atoms with Crippen LogP contribution < -0.4 is 9.62 Å². The zero-order valence-electron chi connectivity index (χ0n) is 18.4. The lowest BCUT2D eigenvalue weighted by Crippen LogP contribution is -2.40. The maximum absolute atomic E-state index is 13.5. The van der Waals surface area contributed by atoms with Crippen molar-refractivity contribution in [3.63, 3.8) is 0 Å². The lowest BCUT2D eigenvalue weighted by Gasteiger charge is -2.23. The van der Waals surface area contributed by atoms with Gasteiger partial charge < -0.3 is 4.74 Å². The predicted molar refractivity (Wildman–Crippen MR) is 127 cm³/mol. The third kappa shape index (κ3) is 5.17. The number of sulfonamides is 1. The van der Waals surface area contributed by atoms with Gasteiger partial charge in [0, 0.05) is 17.7 Å². The first-order valence-corrected chi connectivity index (χ1v) is 12.9. The van der Waals surface area contributed by atoms with Gasteiger partial charge in [0.15, 0.2) is 5.13 Å². The summed E-state index contributed by atoms with van der Waals surface area (Å²) in [6.07, 6.45) is 1.83. The first kappa shape index (κ1) is 22.8. The zero-order chi connectivity index (χ0) is 22.9. The Labute approximate surface area is 192 Å². The van der Waals surface area contributed by atoms with E-state index in [0.29, 0.717) is 23.8 Å². The van der Waals surface area contributed by atoms with E-state index in [1.807, 2.05) is 24.3 Å². The second-order valence-corrected chi connectivity index (χ2v) is 11.6. The number of thiazole rings is 1. The molecule has 1 N–H and O–H groups in total. The highest BCUT2D eigenvalue weighted by molar-refractivity contribution is 7.89. The summed E-state index contributed by atoms with van der Waals surface area (Å²) >= 11 is 1.46. The number of anilines is 1. The molecule has 0 aliphatic carbocycles. The van der Waals surface area contributed by atoms with E-state index in [0.717, 1.165) is 23.1 Å². The van der Waals surface area contributed by atoms with E-state index >= 15 is 0 Å². The molecular weight excluding hydrogens is 446 g/mol. The van der Waals surface area contributed by atoms with Crippen molar-refractivity contribution in [3.8, 4) is 0 Å². The highest BCUT2D eigenvalue weighted by Crippen LogP contribution is 2.31. The Morgan fingerprint density at radius 2 is 1.91 bits per heavy atom. The number of nitrogens with zero attached hydrogens (tertiary/aromatic N) is 2. The number of hydrogen-bond donors (Lipinski definition) is 1. The van der Waals surface area contributed by atoms with E-state index in [1.54, 1.807) is 37.8 Å². The number of nitrogens with one attached hydrogen (secondary N) is 1. The van der Waals surface area contributed by atoms with Crippen molar-refractivity contribution in [2.45, 2.75) is 50.2 Å². The standard InChI is InChI=1S/C23H27N3O4S2/c1-23(2,3)25-32(28,29)18-12-10-16(11-13-18)21(27)26(15-17-7-6-14-30-17)22-24-19-8-4-5-9-20(19)31-22/h4-5,8-13,17,25H,6-7,14-15H2,1-3H3. The molecule has 4 rings (SSSR count). The molecule has 1 fully saturated rings. The van der Waals surface area contributed by atoms with Crippen LogP contribution in [0.5, 0.6) is 0 Å². The molecule has 1 saturated heterocycles. The Kier molecular flexibility index (Phi) is 6.35. The SMILES string of the molecule is CC(C)(C)NS(=O)(=O)c1ccc(C(=O)N(CC2CCCO2)c2nc3ccccc3s2)cc1. The molecule has 2 heterocycles. The van der Waals surface area contributed by atoms with Gasteiger partial charge in [0.2, 0.25) is 10.0 Å². The molecule has 1 unspecified atom stereocenters. The van der Waals surface area contributed by atoms with Gasteiger partial charge in [0.1, 0.15) is 0 Å². The summed E-state index contributed by atoms with van der Waals surface area (Å²) in [5.41, 5.74) is 0.641. The molecule has 32 heavy (non-hydrogen) atoms. The number of fused-ring (bicyclic) bond motifs is 1. The number of carbonyl (C=O) groups excluding carboxylic acids is 1. The van der Waals surface area contributed by atoms with Crippen LogP contribution in [0.4, 0.5) is 5.13 Å². The van der Waals surface area contributed by atoms with Crippen LogP contribution in [0.15, 0.2) is 53.4 Å². The summed E-state index contributed by atoms with van der Waals surface area (Å²) < 4.78 is 34.6. The van der Waals surface area contributed by atoms with Gasteiger partial charge in [-0.25, -0.2) is 18.1 Å². The Morgan fingerprint density at radius 1 is 1.19 bits per heavy atom. The Balaban J connectivity index is 1.63. The van der Waals surface area contributed by atoms with Crippen LogP contribution in [0.2, 0.25) is 0 Å². The minimum Gasteiger partial charge on any atom is -0.376 e. The first-order valence-electron chi connectivity index (χ1n) is 10.6. The van der Waals surface area contributed by atoms with Gasteiger partial charge in [-0.2, -0.15) is 0 Å². The summed E-state index contributed by atoms with van der Waals surface area (Å²) in [4.78, 5) is 19.9. The fourth-order valence-corrected chi connectivity index (χ4v) is 6.00. The third-order valence-corrected chi connectivity index (χ3v) is 7.85. The third-order valence-electron chi connectivity index (χ3n) is 5.02. The molecule has 9 heteroatoms. The van der Waals surface area contributed by atoms with Gasteiger partial charge in [0.05, 0.1) is 27.8 Å². The van der Waals surface area contributed by atoms with Crippen LogP contribution in [-0.4, -0.2) is 44.1 Å². The zero-order valence-corrected chi connectivity index (χ0v) is 20.0. The molecule has 1 amide bonds. The summed E-state index contributed by atoms with van der Waals surface area (Å²) in [6.45, 7) is 6.44. The molecule has 1 aliphatic heterocycles. The number of amides is 1. The fourth-order valence-electron chi connectivity index (χ4n) is 3.61. The number of aromatic nitrogens is 1. The van der Waals surface area contributed by atoms with E-state index < -0.39 is 15.6 Å². The van der Waals surface area contributed by atoms with Gasteiger partial charge in [0.25, 0.3) is 5.91 Å². The predicted octanol–water partition coefficient (Wildman–Crippen LogP) is 4.20. The lowest BCUT2D eigenvalue weighted by molar-refractivity contribution is 0.0917. The largest absolute Gasteiger partial charge is 0.376 e. The van der Waals surface area contributed by atoms with Gasteiger partial charge >= 0.3 is 0 Å². The van der Waals surface area contributed by atoms with E-state index in [2.05, 4.69) is 9.71 Å². The van der Waals surface area contributed by atoms with Gasteiger partial charge in [-0.3, -0.25) is 9.69 Å². The molecule has 170 valence electrons. The normalized spacial score (nSPS) is 17.0. The van der Waals surface area contributed by atoms with E-state index in [4.69, 9.17) is 4.74 Å².